The number of rotatable bonds is 33. The number of thioether (sulfide) groups is 1. The van der Waals surface area contributed by atoms with Crippen molar-refractivity contribution in [2.45, 2.75) is 125 Å². The number of hydrogen-bond acceptors (Lipinski definition) is 19. The summed E-state index contributed by atoms with van der Waals surface area (Å²) in [5.74, 6) is -0.896. The van der Waals surface area contributed by atoms with Crippen molar-refractivity contribution < 1.29 is 63.3 Å². The smallest absolute Gasteiger partial charge is 0.316 e. The first-order valence-corrected chi connectivity index (χ1v) is 51.2. The van der Waals surface area contributed by atoms with Crippen LogP contribution in [0.3, 0.4) is 0 Å². The van der Waals surface area contributed by atoms with Crippen molar-refractivity contribution in [3.63, 3.8) is 0 Å². The van der Waals surface area contributed by atoms with E-state index in [2.05, 4.69) is 104 Å². The number of nitrogens with one attached hydrogen (secondary N) is 1. The number of aliphatic imine (C=N–C) groups is 2. The molecule has 3 atom stereocenters. The van der Waals surface area contributed by atoms with Gasteiger partial charge in [0.15, 0.2) is 36.8 Å². The van der Waals surface area contributed by atoms with Crippen LogP contribution in [0, 0.1) is 41.5 Å². The van der Waals surface area contributed by atoms with Gasteiger partial charge in [-0.15, -0.1) is 10.2 Å². The number of anilines is 5. The van der Waals surface area contributed by atoms with Crippen molar-refractivity contribution in [1.29, 1.82) is 0 Å². The van der Waals surface area contributed by atoms with Gasteiger partial charge in [0.2, 0.25) is 5.91 Å². The molecule has 145 heavy (non-hydrogen) atoms. The predicted molar refractivity (Wildman–Crippen MR) is 576 cm³/mol. The zero-order valence-corrected chi connectivity index (χ0v) is 85.4. The van der Waals surface area contributed by atoms with Crippen molar-refractivity contribution in [2.24, 2.45) is 9.98 Å². The van der Waals surface area contributed by atoms with E-state index >= 15 is 0 Å². The van der Waals surface area contributed by atoms with Crippen LogP contribution in [0.1, 0.15) is 104 Å². The van der Waals surface area contributed by atoms with E-state index in [9.17, 15) is 44.4 Å². The average Bonchev–Trinajstić information content (AvgIpc) is 1.63. The van der Waals surface area contributed by atoms with Crippen LogP contribution in [-0.4, -0.2) is 119 Å². The fraction of sp³-hybridized carbons (Fsp3) is 0.193. The lowest BCUT2D eigenvalue weighted by Gasteiger charge is -2.25. The Balaban J connectivity index is 0.000000154. The van der Waals surface area contributed by atoms with Crippen LogP contribution in [0.15, 0.2) is 401 Å². The van der Waals surface area contributed by atoms with E-state index in [1.165, 1.54) is 37.1 Å². The third kappa shape index (κ3) is 29.1. The molecule has 1 aliphatic heterocycles. The van der Waals surface area contributed by atoms with Crippen molar-refractivity contribution in [3.8, 4) is 39.8 Å². The molecule has 1 aliphatic rings. The van der Waals surface area contributed by atoms with Crippen LogP contribution in [0.4, 0.5) is 53.0 Å². The van der Waals surface area contributed by atoms with Crippen molar-refractivity contribution in [2.75, 3.05) is 56.3 Å². The van der Waals surface area contributed by atoms with Crippen LogP contribution in [0.25, 0.3) is 16.8 Å². The van der Waals surface area contributed by atoms with Gasteiger partial charge in [0.1, 0.15) is 46.4 Å². The van der Waals surface area contributed by atoms with Gasteiger partial charge in [-0.25, -0.2) is 26.2 Å². The molecule has 3 unspecified atom stereocenters. The molecule has 742 valence electrons. The molecule has 1 amide bonds. The summed E-state index contributed by atoms with van der Waals surface area (Å²) in [6, 6.07) is 113. The second-order valence-electron chi connectivity index (χ2n) is 34.9. The number of carbonyl (C=O) groups is 3. The first-order chi connectivity index (χ1) is 69.8. The Hall–Kier alpha value is -15.6. The number of aromatic nitrogens is 4. The summed E-state index contributed by atoms with van der Waals surface area (Å²) in [7, 11) is 0.911. The van der Waals surface area contributed by atoms with E-state index < -0.39 is 48.0 Å². The van der Waals surface area contributed by atoms with Gasteiger partial charge in [-0.3, -0.25) is 28.9 Å². The number of para-hydroxylation sites is 3. The summed E-state index contributed by atoms with van der Waals surface area (Å²) in [6.07, 6.45) is 1.07. The second-order valence-corrected chi connectivity index (χ2v) is 40.2. The number of hydrogen-bond donors (Lipinski definition) is 1. The number of pyridine rings is 1. The number of aryl methyl sites for hydroxylation is 6. The van der Waals surface area contributed by atoms with Gasteiger partial charge in [0.25, 0.3) is 0 Å². The molecular formula is C119H116F3N9O11S3. The Labute approximate surface area is 851 Å². The Morgan fingerprint density at radius 3 is 1.56 bits per heavy atom. The van der Waals surface area contributed by atoms with Crippen LogP contribution in [0.5, 0.6) is 23.0 Å². The molecule has 16 aromatic rings. The van der Waals surface area contributed by atoms with Gasteiger partial charge in [0, 0.05) is 98.0 Å². The van der Waals surface area contributed by atoms with Crippen molar-refractivity contribution >= 4 is 100 Å². The molecule has 26 heteroatoms. The third-order valence-corrected chi connectivity index (χ3v) is 29.0. The second kappa shape index (κ2) is 50.8. The number of nitrogens with zero attached hydrogens (tertiary/aromatic N) is 8. The number of Topliss-reactive ketones (excluding diaryl/α,β-unsaturated/α-hetero) is 2. The number of alkyl halides is 3. The Kier molecular flexibility index (Phi) is 37.4. The summed E-state index contributed by atoms with van der Waals surface area (Å²) >= 11 is 1.34. The summed E-state index contributed by atoms with van der Waals surface area (Å²) < 4.78 is 121. The molecule has 0 fully saturated rings. The molecule has 0 spiro atoms. The zero-order valence-electron chi connectivity index (χ0n) is 82.9. The topological polar surface area (TPSA) is 243 Å². The molecule has 2 aromatic heterocycles. The minimum absolute atomic E-state index is 0.00929. The lowest BCUT2D eigenvalue weighted by atomic mass is 9.94. The number of ketones is 2. The Morgan fingerprint density at radius 1 is 0.469 bits per heavy atom. The first-order valence-electron chi connectivity index (χ1n) is 47.1. The van der Waals surface area contributed by atoms with E-state index in [0.29, 0.717) is 62.0 Å². The average molecular weight is 2000 g/mol. The number of carbonyl (C=O) groups excluding carboxylic acids is 3. The van der Waals surface area contributed by atoms with Crippen LogP contribution in [-0.2, 0) is 53.5 Å². The maximum Gasteiger partial charge on any atom is 0.316 e. The molecular weight excluding hydrogens is 1880 g/mol. The normalized spacial score (nSPS) is 12.2. The molecule has 0 saturated carbocycles. The number of amides is 1. The highest BCUT2D eigenvalue weighted by molar-refractivity contribution is 7.99. The van der Waals surface area contributed by atoms with Gasteiger partial charge in [-0.1, -0.05) is 264 Å². The number of fused-ring (bicyclic) bond motifs is 1. The van der Waals surface area contributed by atoms with Crippen molar-refractivity contribution in [1.82, 2.24) is 19.7 Å². The molecule has 17 rings (SSSR count). The highest BCUT2D eigenvalue weighted by atomic mass is 32.2. The summed E-state index contributed by atoms with van der Waals surface area (Å²) in [5, 5.41) is 10.2. The maximum atomic E-state index is 14.2. The zero-order chi connectivity index (χ0) is 103. The molecule has 0 saturated heterocycles. The lowest BCUT2D eigenvalue weighted by Crippen LogP contribution is -2.38. The van der Waals surface area contributed by atoms with Crippen molar-refractivity contribution in [3.05, 3.63) is 443 Å². The molecule has 14 aromatic carbocycles. The highest BCUT2D eigenvalue weighted by Crippen LogP contribution is 2.43. The van der Waals surface area contributed by atoms with Gasteiger partial charge < -0.3 is 34.1 Å². The number of methoxy groups -OCH3 is 3. The quantitative estimate of drug-likeness (QED) is 0.0376. The molecule has 0 aliphatic carbocycles. The van der Waals surface area contributed by atoms with Gasteiger partial charge in [0.05, 0.1) is 76.8 Å². The predicted octanol–water partition coefficient (Wildman–Crippen LogP) is 26.8. The van der Waals surface area contributed by atoms with E-state index in [4.69, 9.17) is 18.9 Å². The SMILES string of the molecule is CC(F)C(F)(F)C1=Nc2ccccc2N=C(c2ccccc2)C1.COc1ccc(OC)c(CC(=O)CC(c2ccc(C)cc2OC)S(=O)(=O)c2ccccc2)c1.Cc1ccc(C(CC(=O)Cc2ccccc2-c2ccccc2)S(=O)(=O)c2ccc(C)cc2)cc1.Cc1ccc(N(c2ccc(C)cc2)c2cccnc2)cc1.Cc1ccc(NC(=O)CSc2nnc(COc3cccc(N(C)C)c3)n2-c2ccccc2)cc1. The van der Waals surface area contributed by atoms with Crippen LogP contribution in [0.2, 0.25) is 0 Å². The summed E-state index contributed by atoms with van der Waals surface area (Å²) in [4.78, 5) is 56.4. The van der Waals surface area contributed by atoms with Gasteiger partial charge >= 0.3 is 5.92 Å². The molecule has 20 nitrogen and oxygen atoms in total. The molecule has 3 heterocycles. The number of halogens is 3. The van der Waals surface area contributed by atoms with Gasteiger partial charge in [-0.2, -0.15) is 8.78 Å². The summed E-state index contributed by atoms with van der Waals surface area (Å²) in [6.45, 7) is 13.1. The summed E-state index contributed by atoms with van der Waals surface area (Å²) in [5.41, 5.74) is 18.8. The Morgan fingerprint density at radius 2 is 0.979 bits per heavy atom. The van der Waals surface area contributed by atoms with E-state index in [1.54, 1.807) is 147 Å². The number of ether oxygens (including phenoxy) is 4. The molecule has 0 bridgehead atoms. The largest absolute Gasteiger partial charge is 0.497 e. The Bertz CT molecular complexity index is 7280. The fourth-order valence-corrected chi connectivity index (χ4v) is 20.2. The maximum absolute atomic E-state index is 14.2. The minimum Gasteiger partial charge on any atom is -0.497 e. The van der Waals surface area contributed by atoms with Crippen LogP contribution >= 0.6 is 11.8 Å². The number of benzene rings is 14. The first kappa shape index (κ1) is 107. The van der Waals surface area contributed by atoms with E-state index in [1.807, 2.05) is 233 Å². The number of sulfone groups is 2. The van der Waals surface area contributed by atoms with E-state index in [-0.39, 0.29) is 71.7 Å². The minimum atomic E-state index is -3.87. The third-order valence-electron chi connectivity index (χ3n) is 23.8. The molecule has 1 N–H and O–H groups in total. The van der Waals surface area contributed by atoms with E-state index in [0.717, 1.165) is 91.3 Å². The highest BCUT2D eigenvalue weighted by Gasteiger charge is 2.44. The monoisotopic (exact) mass is 2000 g/mol. The lowest BCUT2D eigenvalue weighted by molar-refractivity contribution is -0.119. The van der Waals surface area contributed by atoms with Crippen LogP contribution < -0.4 is 34.1 Å². The standard InChI is InChI=1S/C30H28O3S.C26H27N5O2S.C26H28O6S.C19H18N2.C18H15F3N2/c1-22-12-16-25(17-13-22)30(34(32,33)28-18-14-23(2)15-19-28)21-27(31)20-26-10-6-7-11-29(26)24-8-4-3-5-9-24;1-19-12-14-20(15-13-19)27-25(32)18-34-26-29-28-24(31(26)21-8-5-4-6-9-21)17-33-23-11-7-10-22(16-23)30(2)3;1-18-10-12-23(25(14-18)32-4)26(33(28,29)22-8-6-5-7-9-22)17-20(27)15-19-16-21(30-2)11-13-24(19)31-3;1-15-5-9-17(10-6-15)21(19-4-3-13-20-14-19)18-11-7-16(2)8-12-18;1-12(19)18(20,21)17-11-16(13-7-3-2-4-8-13)22-14-9-5-6-10-15(14)23-17/h3-19,30H,20-21H2,1-2H3;4-16H,17-18H2,1-3H3,(H,27,32);5-14,16,26H,15,17H2,1-4H3;3-14H,1-2H3;2-10,12H,11H2,1H3. The van der Waals surface area contributed by atoms with Gasteiger partial charge in [-0.05, 0) is 215 Å². The molecule has 0 radical (unpaired) electrons. The fourth-order valence-electron chi connectivity index (χ4n) is 15.9.